The molecule has 0 saturated carbocycles. The fourth-order valence-electron chi connectivity index (χ4n) is 4.85. The van der Waals surface area contributed by atoms with Gasteiger partial charge < -0.3 is 4.90 Å². The molecule has 2 heterocycles. The van der Waals surface area contributed by atoms with E-state index in [0.29, 0.717) is 18.9 Å². The van der Waals surface area contributed by atoms with Gasteiger partial charge in [0.25, 0.3) is 0 Å². The Hall–Kier alpha value is -2.27. The highest BCUT2D eigenvalue weighted by molar-refractivity contribution is 5.76. The molecule has 2 aliphatic heterocycles. The maximum atomic E-state index is 13.4. The van der Waals surface area contributed by atoms with Crippen LogP contribution in [0.5, 0.6) is 0 Å². The van der Waals surface area contributed by atoms with Crippen molar-refractivity contribution in [3.63, 3.8) is 0 Å². The van der Waals surface area contributed by atoms with Crippen molar-refractivity contribution in [3.8, 4) is 0 Å². The summed E-state index contributed by atoms with van der Waals surface area (Å²) >= 11 is 0. The van der Waals surface area contributed by atoms with E-state index in [0.717, 1.165) is 37.2 Å². The van der Waals surface area contributed by atoms with Crippen molar-refractivity contribution in [1.82, 2.24) is 9.80 Å². The summed E-state index contributed by atoms with van der Waals surface area (Å²) in [6.45, 7) is 5.20. The van der Waals surface area contributed by atoms with Crippen molar-refractivity contribution in [2.75, 3.05) is 19.6 Å². The smallest absolute Gasteiger partial charge is 0.222 e. The molecule has 2 aromatic rings. The fraction of sp³-hybridized carbons (Fsp3) is 0.435. The lowest BCUT2D eigenvalue weighted by Gasteiger charge is -2.39. The van der Waals surface area contributed by atoms with Crippen LogP contribution in [0.1, 0.15) is 36.8 Å². The van der Waals surface area contributed by atoms with Gasteiger partial charge in [0, 0.05) is 50.5 Å². The van der Waals surface area contributed by atoms with Crippen molar-refractivity contribution >= 4 is 5.91 Å². The van der Waals surface area contributed by atoms with Crippen molar-refractivity contribution in [3.05, 3.63) is 71.3 Å². The number of fused-ring (bicyclic) bond motifs is 1. The van der Waals surface area contributed by atoms with Gasteiger partial charge in [0.2, 0.25) is 5.91 Å². The second kappa shape index (κ2) is 8.00. The molecule has 4 rings (SSSR count). The maximum absolute atomic E-state index is 13.4. The Morgan fingerprint density at radius 1 is 1.00 bits per heavy atom. The maximum Gasteiger partial charge on any atom is 0.222 e. The van der Waals surface area contributed by atoms with Gasteiger partial charge in [-0.25, -0.2) is 8.78 Å². The first-order chi connectivity index (χ1) is 13.5. The van der Waals surface area contributed by atoms with E-state index in [9.17, 15) is 13.6 Å². The van der Waals surface area contributed by atoms with Gasteiger partial charge in [-0.1, -0.05) is 31.2 Å². The number of hydrogen-bond acceptors (Lipinski definition) is 2. The monoisotopic (exact) mass is 384 g/mol. The Morgan fingerprint density at radius 3 is 2.29 bits per heavy atom. The number of benzene rings is 2. The first-order valence-corrected chi connectivity index (χ1v) is 10.1. The first-order valence-electron chi connectivity index (χ1n) is 10.1. The standard InChI is InChI=1S/C23H26F2N2O/c1-2-23(28)27-15-20(17-5-9-19(25)10-6-17)21-14-26(12-11-22(21)27)13-16-3-7-18(24)8-4-16/h3-10,20-22H,2,11-15H2,1H3/t20-,21-,22-/m1/s1. The van der Waals surface area contributed by atoms with Gasteiger partial charge in [0.15, 0.2) is 0 Å². The van der Waals surface area contributed by atoms with Crippen LogP contribution in [0.3, 0.4) is 0 Å². The molecule has 2 aromatic carbocycles. The molecule has 0 aliphatic carbocycles. The number of rotatable bonds is 4. The summed E-state index contributed by atoms with van der Waals surface area (Å²) in [7, 11) is 0. The zero-order valence-corrected chi connectivity index (χ0v) is 16.2. The SMILES string of the molecule is CCC(=O)N1C[C@H](c2ccc(F)cc2)[C@H]2CN(Cc3ccc(F)cc3)CC[C@H]21. The van der Waals surface area contributed by atoms with Crippen molar-refractivity contribution < 1.29 is 13.6 Å². The lowest BCUT2D eigenvalue weighted by atomic mass is 9.81. The molecular formula is C23H26F2N2O. The van der Waals surface area contributed by atoms with Crippen LogP contribution in [0.15, 0.2) is 48.5 Å². The zero-order valence-electron chi connectivity index (χ0n) is 16.2. The molecule has 3 atom stereocenters. The van der Waals surface area contributed by atoms with E-state index in [2.05, 4.69) is 4.90 Å². The normalized spacial score (nSPS) is 25.0. The van der Waals surface area contributed by atoms with Gasteiger partial charge in [-0.15, -0.1) is 0 Å². The third-order valence-electron chi connectivity index (χ3n) is 6.26. The van der Waals surface area contributed by atoms with E-state index in [1.54, 1.807) is 0 Å². The van der Waals surface area contributed by atoms with Crippen molar-refractivity contribution in [1.29, 1.82) is 0 Å². The predicted octanol–water partition coefficient (Wildman–Crippen LogP) is 4.19. The highest BCUT2D eigenvalue weighted by Gasteiger charge is 2.46. The highest BCUT2D eigenvalue weighted by atomic mass is 19.1. The molecule has 0 spiro atoms. The summed E-state index contributed by atoms with van der Waals surface area (Å²) in [6, 6.07) is 13.6. The molecule has 1 amide bonds. The van der Waals surface area contributed by atoms with E-state index in [4.69, 9.17) is 0 Å². The van der Waals surface area contributed by atoms with E-state index in [1.807, 2.05) is 36.1 Å². The predicted molar refractivity (Wildman–Crippen MR) is 105 cm³/mol. The Kier molecular flexibility index (Phi) is 5.44. The summed E-state index contributed by atoms with van der Waals surface area (Å²) in [6.07, 6.45) is 1.45. The number of carbonyl (C=O) groups excluding carboxylic acids is 1. The molecule has 0 radical (unpaired) electrons. The number of piperidine rings is 1. The van der Waals surface area contributed by atoms with Crippen LogP contribution >= 0.6 is 0 Å². The van der Waals surface area contributed by atoms with Gasteiger partial charge in [0.05, 0.1) is 0 Å². The summed E-state index contributed by atoms with van der Waals surface area (Å²) in [5.41, 5.74) is 2.20. The molecule has 2 aliphatic rings. The van der Waals surface area contributed by atoms with E-state index in [1.165, 1.54) is 24.3 Å². The third kappa shape index (κ3) is 3.81. The van der Waals surface area contributed by atoms with Crippen LogP contribution in [0.4, 0.5) is 8.78 Å². The second-order valence-corrected chi connectivity index (χ2v) is 7.94. The molecule has 0 unspecified atom stereocenters. The first kappa shape index (κ1) is 19.1. The van der Waals surface area contributed by atoms with Crippen molar-refractivity contribution in [2.24, 2.45) is 5.92 Å². The fourth-order valence-corrected chi connectivity index (χ4v) is 4.85. The molecule has 5 heteroatoms. The largest absolute Gasteiger partial charge is 0.339 e. The number of likely N-dealkylation sites (tertiary alicyclic amines) is 2. The average Bonchev–Trinajstić information content (AvgIpc) is 3.08. The van der Waals surface area contributed by atoms with E-state index >= 15 is 0 Å². The molecule has 148 valence electrons. The van der Waals surface area contributed by atoms with Gasteiger partial charge in [-0.3, -0.25) is 9.69 Å². The average molecular weight is 384 g/mol. The van der Waals surface area contributed by atoms with Gasteiger partial charge in [-0.05, 0) is 41.8 Å². The van der Waals surface area contributed by atoms with Gasteiger partial charge in [0.1, 0.15) is 11.6 Å². The summed E-state index contributed by atoms with van der Waals surface area (Å²) in [5.74, 6) is 0.295. The van der Waals surface area contributed by atoms with Crippen LogP contribution in [-0.2, 0) is 11.3 Å². The number of nitrogens with zero attached hydrogens (tertiary/aromatic N) is 2. The molecular weight excluding hydrogens is 358 g/mol. The lowest BCUT2D eigenvalue weighted by Crippen LogP contribution is -2.47. The quantitative estimate of drug-likeness (QED) is 0.789. The van der Waals surface area contributed by atoms with E-state index < -0.39 is 0 Å². The van der Waals surface area contributed by atoms with Gasteiger partial charge >= 0.3 is 0 Å². The molecule has 2 saturated heterocycles. The second-order valence-electron chi connectivity index (χ2n) is 7.94. The molecule has 2 fully saturated rings. The van der Waals surface area contributed by atoms with Crippen molar-refractivity contribution in [2.45, 2.75) is 38.3 Å². The van der Waals surface area contributed by atoms with Crippen LogP contribution in [0.2, 0.25) is 0 Å². The molecule has 0 aromatic heterocycles. The molecule has 0 bridgehead atoms. The third-order valence-corrected chi connectivity index (χ3v) is 6.26. The number of halogens is 2. The van der Waals surface area contributed by atoms with Crippen LogP contribution in [0, 0.1) is 17.6 Å². The Bertz CT molecular complexity index is 822. The Balaban J connectivity index is 1.55. The van der Waals surface area contributed by atoms with Gasteiger partial charge in [-0.2, -0.15) is 0 Å². The number of amides is 1. The molecule has 0 N–H and O–H groups in total. The minimum atomic E-state index is -0.235. The summed E-state index contributed by atoms with van der Waals surface area (Å²) in [4.78, 5) is 17.0. The highest BCUT2D eigenvalue weighted by Crippen LogP contribution is 2.42. The van der Waals surface area contributed by atoms with Crippen LogP contribution in [0.25, 0.3) is 0 Å². The molecule has 28 heavy (non-hydrogen) atoms. The Morgan fingerprint density at radius 2 is 1.64 bits per heavy atom. The number of carbonyl (C=O) groups is 1. The van der Waals surface area contributed by atoms with Crippen LogP contribution in [-0.4, -0.2) is 41.4 Å². The zero-order chi connectivity index (χ0) is 19.7. The number of hydrogen-bond donors (Lipinski definition) is 0. The topological polar surface area (TPSA) is 23.6 Å². The van der Waals surface area contributed by atoms with Crippen LogP contribution < -0.4 is 0 Å². The Labute approximate surface area is 165 Å². The minimum Gasteiger partial charge on any atom is -0.339 e. The van der Waals surface area contributed by atoms with E-state index in [-0.39, 0.29) is 29.5 Å². The summed E-state index contributed by atoms with van der Waals surface area (Å²) in [5, 5.41) is 0. The molecule has 3 nitrogen and oxygen atoms in total. The lowest BCUT2D eigenvalue weighted by molar-refractivity contribution is -0.132. The summed E-state index contributed by atoms with van der Waals surface area (Å²) < 4.78 is 26.6. The minimum absolute atomic E-state index is 0.201.